The second-order valence-electron chi connectivity index (χ2n) is 5.80. The van der Waals surface area contributed by atoms with Crippen molar-refractivity contribution in [3.8, 4) is 0 Å². The normalized spacial score (nSPS) is 15.6. The van der Waals surface area contributed by atoms with Crippen LogP contribution < -0.4 is 10.6 Å². The van der Waals surface area contributed by atoms with Crippen molar-refractivity contribution in [1.29, 1.82) is 0 Å². The van der Waals surface area contributed by atoms with E-state index in [1.54, 1.807) is 0 Å². The number of hydrogen-bond donors (Lipinski definition) is 2. The van der Waals surface area contributed by atoms with E-state index in [1.165, 1.54) is 0 Å². The van der Waals surface area contributed by atoms with E-state index in [0.29, 0.717) is 5.41 Å². The quantitative estimate of drug-likeness (QED) is 0.732. The van der Waals surface area contributed by atoms with E-state index in [0.717, 1.165) is 19.4 Å². The molecule has 3 nitrogen and oxygen atoms in total. The Morgan fingerprint density at radius 1 is 1.25 bits per heavy atom. The van der Waals surface area contributed by atoms with Crippen LogP contribution in [-0.4, -0.2) is 24.5 Å². The first-order chi connectivity index (χ1) is 7.26. The van der Waals surface area contributed by atoms with Crippen LogP contribution in [-0.2, 0) is 4.79 Å². The largest absolute Gasteiger partial charge is 0.352 e. The molecule has 0 rings (SSSR count). The van der Waals surface area contributed by atoms with Crippen LogP contribution in [0.4, 0.5) is 0 Å². The van der Waals surface area contributed by atoms with Gasteiger partial charge in [0.05, 0.1) is 6.04 Å². The van der Waals surface area contributed by atoms with Gasteiger partial charge in [-0.05, 0) is 38.6 Å². The van der Waals surface area contributed by atoms with Gasteiger partial charge < -0.3 is 10.6 Å². The molecule has 0 aromatic carbocycles. The molecule has 96 valence electrons. The summed E-state index contributed by atoms with van der Waals surface area (Å²) in [7, 11) is 0. The highest BCUT2D eigenvalue weighted by molar-refractivity contribution is 5.81. The van der Waals surface area contributed by atoms with Gasteiger partial charge in [-0.15, -0.1) is 0 Å². The predicted molar refractivity (Wildman–Crippen MR) is 69.4 cm³/mol. The number of carbonyl (C=O) groups excluding carboxylic acids is 1. The molecule has 0 fully saturated rings. The standard InChI is InChI=1S/C13H28N2O/c1-7-10(2)15-12(16)11(3)14-9-8-13(4,5)6/h10-11,14H,7-9H2,1-6H3,(H,15,16). The minimum absolute atomic E-state index is 0.100. The average Bonchev–Trinajstić information content (AvgIpc) is 2.15. The molecule has 0 saturated heterocycles. The van der Waals surface area contributed by atoms with Gasteiger partial charge in [-0.3, -0.25) is 4.79 Å². The summed E-state index contributed by atoms with van der Waals surface area (Å²) < 4.78 is 0. The Kier molecular flexibility index (Phi) is 6.65. The van der Waals surface area contributed by atoms with Gasteiger partial charge in [0.1, 0.15) is 0 Å². The number of hydrogen-bond acceptors (Lipinski definition) is 2. The Morgan fingerprint density at radius 3 is 2.25 bits per heavy atom. The molecular weight excluding hydrogens is 200 g/mol. The molecule has 0 heterocycles. The lowest BCUT2D eigenvalue weighted by molar-refractivity contribution is -0.123. The molecule has 16 heavy (non-hydrogen) atoms. The summed E-state index contributed by atoms with van der Waals surface area (Å²) in [4.78, 5) is 11.7. The number of nitrogens with one attached hydrogen (secondary N) is 2. The highest BCUT2D eigenvalue weighted by Gasteiger charge is 2.15. The van der Waals surface area contributed by atoms with Gasteiger partial charge in [-0.2, -0.15) is 0 Å². The summed E-state index contributed by atoms with van der Waals surface area (Å²) in [6, 6.07) is 0.163. The van der Waals surface area contributed by atoms with E-state index < -0.39 is 0 Å². The third kappa shape index (κ3) is 7.69. The molecule has 3 heteroatoms. The summed E-state index contributed by atoms with van der Waals surface area (Å²) in [6.07, 6.45) is 2.05. The number of carbonyl (C=O) groups is 1. The summed E-state index contributed by atoms with van der Waals surface area (Å²) >= 11 is 0. The monoisotopic (exact) mass is 228 g/mol. The van der Waals surface area contributed by atoms with Crippen molar-refractivity contribution in [2.45, 2.75) is 66.5 Å². The van der Waals surface area contributed by atoms with Crippen LogP contribution >= 0.6 is 0 Å². The molecule has 0 aliphatic carbocycles. The van der Waals surface area contributed by atoms with E-state index in [9.17, 15) is 4.79 Å². The van der Waals surface area contributed by atoms with Crippen molar-refractivity contribution in [1.82, 2.24) is 10.6 Å². The Labute approximate surface area is 100 Å². The molecule has 0 aromatic rings. The lowest BCUT2D eigenvalue weighted by Gasteiger charge is -2.21. The van der Waals surface area contributed by atoms with Gasteiger partial charge >= 0.3 is 0 Å². The molecule has 0 aliphatic heterocycles. The topological polar surface area (TPSA) is 41.1 Å². The minimum Gasteiger partial charge on any atom is -0.352 e. The highest BCUT2D eigenvalue weighted by Crippen LogP contribution is 2.16. The van der Waals surface area contributed by atoms with E-state index >= 15 is 0 Å². The highest BCUT2D eigenvalue weighted by atomic mass is 16.2. The van der Waals surface area contributed by atoms with Gasteiger partial charge in [0.2, 0.25) is 5.91 Å². The van der Waals surface area contributed by atoms with Gasteiger partial charge in [0, 0.05) is 6.04 Å². The lowest BCUT2D eigenvalue weighted by Crippen LogP contribution is -2.45. The zero-order valence-electron chi connectivity index (χ0n) is 11.7. The lowest BCUT2D eigenvalue weighted by atomic mass is 9.92. The smallest absolute Gasteiger partial charge is 0.237 e. The Balaban J connectivity index is 3.80. The maximum Gasteiger partial charge on any atom is 0.237 e. The van der Waals surface area contributed by atoms with Gasteiger partial charge in [-0.25, -0.2) is 0 Å². The van der Waals surface area contributed by atoms with Crippen LogP contribution in [0.1, 0.15) is 54.4 Å². The number of amides is 1. The van der Waals surface area contributed by atoms with Crippen molar-refractivity contribution < 1.29 is 4.79 Å². The molecule has 1 amide bonds. The van der Waals surface area contributed by atoms with Gasteiger partial charge in [0.25, 0.3) is 0 Å². The summed E-state index contributed by atoms with van der Waals surface area (Å²) in [6.45, 7) is 13.5. The van der Waals surface area contributed by atoms with Gasteiger partial charge in [-0.1, -0.05) is 27.7 Å². The van der Waals surface area contributed by atoms with E-state index in [1.807, 2.05) is 13.8 Å². The summed E-state index contributed by atoms with van der Waals surface area (Å²) in [5.41, 5.74) is 0.319. The molecule has 0 bridgehead atoms. The van der Waals surface area contributed by atoms with Crippen LogP contribution in [0.3, 0.4) is 0 Å². The minimum atomic E-state index is -0.101. The SMILES string of the molecule is CCC(C)NC(=O)C(C)NCCC(C)(C)C. The third-order valence-corrected chi connectivity index (χ3v) is 2.72. The first-order valence-corrected chi connectivity index (χ1v) is 6.30. The molecule has 0 radical (unpaired) electrons. The van der Waals surface area contributed by atoms with Crippen molar-refractivity contribution in [3.05, 3.63) is 0 Å². The Hall–Kier alpha value is -0.570. The molecule has 2 N–H and O–H groups in total. The van der Waals surface area contributed by atoms with Crippen LogP contribution in [0.15, 0.2) is 0 Å². The fourth-order valence-corrected chi connectivity index (χ4v) is 1.23. The fraction of sp³-hybridized carbons (Fsp3) is 0.923. The van der Waals surface area contributed by atoms with Crippen molar-refractivity contribution in [3.63, 3.8) is 0 Å². The Morgan fingerprint density at radius 2 is 1.81 bits per heavy atom. The fourth-order valence-electron chi connectivity index (χ4n) is 1.23. The molecule has 2 unspecified atom stereocenters. The third-order valence-electron chi connectivity index (χ3n) is 2.72. The number of rotatable bonds is 6. The van der Waals surface area contributed by atoms with Crippen LogP contribution in [0.2, 0.25) is 0 Å². The first-order valence-electron chi connectivity index (χ1n) is 6.30. The van der Waals surface area contributed by atoms with Crippen molar-refractivity contribution >= 4 is 5.91 Å². The second kappa shape index (κ2) is 6.89. The average molecular weight is 228 g/mol. The molecule has 0 aromatic heterocycles. The zero-order chi connectivity index (χ0) is 12.8. The van der Waals surface area contributed by atoms with Crippen LogP contribution in [0, 0.1) is 5.41 Å². The van der Waals surface area contributed by atoms with Crippen molar-refractivity contribution in [2.24, 2.45) is 5.41 Å². The molecule has 0 aliphatic rings. The zero-order valence-corrected chi connectivity index (χ0v) is 11.7. The van der Waals surface area contributed by atoms with Gasteiger partial charge in [0.15, 0.2) is 0 Å². The maximum atomic E-state index is 11.7. The van der Waals surface area contributed by atoms with Crippen LogP contribution in [0.25, 0.3) is 0 Å². The van der Waals surface area contributed by atoms with Crippen molar-refractivity contribution in [2.75, 3.05) is 6.54 Å². The molecule has 0 spiro atoms. The first kappa shape index (κ1) is 15.4. The molecular formula is C13H28N2O. The summed E-state index contributed by atoms with van der Waals surface area (Å²) in [5, 5.41) is 6.23. The predicted octanol–water partition coefficient (Wildman–Crippen LogP) is 2.32. The molecule has 0 saturated carbocycles. The Bertz CT molecular complexity index is 208. The van der Waals surface area contributed by atoms with Crippen LogP contribution in [0.5, 0.6) is 0 Å². The summed E-state index contributed by atoms with van der Waals surface area (Å²) in [5.74, 6) is 0.100. The van der Waals surface area contributed by atoms with E-state index in [-0.39, 0.29) is 18.0 Å². The van der Waals surface area contributed by atoms with E-state index in [2.05, 4.69) is 38.3 Å². The van der Waals surface area contributed by atoms with E-state index in [4.69, 9.17) is 0 Å². The second-order valence-corrected chi connectivity index (χ2v) is 5.80. The maximum absolute atomic E-state index is 11.7. The molecule has 2 atom stereocenters.